The lowest BCUT2D eigenvalue weighted by atomic mass is 10.2. The van der Waals surface area contributed by atoms with Gasteiger partial charge < -0.3 is 14.1 Å². The van der Waals surface area contributed by atoms with Gasteiger partial charge in [-0.05, 0) is 31.9 Å². The van der Waals surface area contributed by atoms with Gasteiger partial charge in [-0.25, -0.2) is 0 Å². The predicted octanol–water partition coefficient (Wildman–Crippen LogP) is 2.58. The van der Waals surface area contributed by atoms with Crippen LogP contribution in [0.3, 0.4) is 0 Å². The van der Waals surface area contributed by atoms with E-state index in [0.717, 1.165) is 0 Å². The van der Waals surface area contributed by atoms with Crippen LogP contribution in [0.4, 0.5) is 19.1 Å². The molecule has 0 saturated heterocycles. The highest BCUT2D eigenvalue weighted by atomic mass is 32.2. The Bertz CT molecular complexity index is 759. The number of carbonyl (C=O) groups is 1. The normalized spacial score (nSPS) is 13.7. The maximum absolute atomic E-state index is 12.3. The Kier molecular flexibility index (Phi) is 5.96. The van der Waals surface area contributed by atoms with Gasteiger partial charge in [0.25, 0.3) is 5.91 Å². The average Bonchev–Trinajstić information content (AvgIpc) is 3.14. The summed E-state index contributed by atoms with van der Waals surface area (Å²) in [6.45, 7) is 4.49. The number of hydrogen-bond donors (Lipinski definition) is 2. The second-order valence-corrected chi connectivity index (χ2v) is 8.20. The van der Waals surface area contributed by atoms with E-state index in [1.165, 1.54) is 13.8 Å². The van der Waals surface area contributed by atoms with Gasteiger partial charge in [-0.15, -0.1) is 10.2 Å². The van der Waals surface area contributed by atoms with Crippen molar-refractivity contribution in [3.05, 3.63) is 11.8 Å². The molecule has 0 spiro atoms. The van der Waals surface area contributed by atoms with E-state index in [2.05, 4.69) is 25.7 Å². The lowest BCUT2D eigenvalue weighted by Gasteiger charge is -2.27. The number of hydrogen-bond acceptors (Lipinski definition) is 6. The highest BCUT2D eigenvalue weighted by molar-refractivity contribution is 7.93. The van der Waals surface area contributed by atoms with Crippen LogP contribution in [0.15, 0.2) is 10.6 Å². The molecule has 0 aliphatic rings. The third-order valence-electron chi connectivity index (χ3n) is 3.50. The average molecular weight is 393 g/mol. The van der Waals surface area contributed by atoms with E-state index in [0.29, 0.717) is 11.5 Å². The van der Waals surface area contributed by atoms with Crippen molar-refractivity contribution in [2.24, 2.45) is 0 Å². The topological polar surface area (TPSA) is 120 Å². The molecule has 0 bridgehead atoms. The molecule has 2 N–H and O–H groups in total. The van der Waals surface area contributed by atoms with Crippen LogP contribution < -0.4 is 5.32 Å². The fraction of sp³-hybridized carbons (Fsp3) is 0.571. The summed E-state index contributed by atoms with van der Waals surface area (Å²) in [5.74, 6) is -0.0497. The van der Waals surface area contributed by atoms with Gasteiger partial charge in [0.1, 0.15) is 11.5 Å². The first kappa shape index (κ1) is 20.2. The summed E-state index contributed by atoms with van der Waals surface area (Å²) in [7, 11) is 0. The predicted molar refractivity (Wildman–Crippen MR) is 87.6 cm³/mol. The molecule has 0 aliphatic carbocycles. The van der Waals surface area contributed by atoms with E-state index < -0.39 is 34.4 Å². The molecule has 0 radical (unpaired) electrons. The molecule has 0 aromatic carbocycles. The zero-order valence-corrected chi connectivity index (χ0v) is 15.1. The van der Waals surface area contributed by atoms with Crippen LogP contribution in [0.2, 0.25) is 0 Å². The van der Waals surface area contributed by atoms with Crippen LogP contribution >= 0.6 is 0 Å². The second kappa shape index (κ2) is 7.66. The highest BCUT2D eigenvalue weighted by Crippen LogP contribution is 2.25. The number of aromatic amines is 1. The summed E-state index contributed by atoms with van der Waals surface area (Å²) in [5.41, 5.74) is 0.394. The maximum Gasteiger partial charge on any atom is 0.389 e. The van der Waals surface area contributed by atoms with Gasteiger partial charge in [0.2, 0.25) is 5.95 Å². The molecule has 0 saturated carbocycles. The van der Waals surface area contributed by atoms with Gasteiger partial charge in [0, 0.05) is 18.9 Å². The van der Waals surface area contributed by atoms with Crippen molar-refractivity contribution in [1.29, 1.82) is 0 Å². The van der Waals surface area contributed by atoms with E-state index in [1.807, 2.05) is 0 Å². The number of amides is 1. The van der Waals surface area contributed by atoms with Crippen LogP contribution in [0.1, 0.15) is 32.4 Å². The SMILES string of the molecule is Cc1cc(-c2nnc(NC(=O)C(C)(C)[S+]([O-])CCCC(F)(F)F)[nH]2)no1. The first-order valence-electron chi connectivity index (χ1n) is 7.62. The molecule has 12 heteroatoms. The highest BCUT2D eigenvalue weighted by Gasteiger charge is 2.41. The van der Waals surface area contributed by atoms with Gasteiger partial charge in [-0.2, -0.15) is 13.2 Å². The summed E-state index contributed by atoms with van der Waals surface area (Å²) < 4.78 is 52.3. The first-order chi connectivity index (χ1) is 12.0. The van der Waals surface area contributed by atoms with E-state index >= 15 is 0 Å². The van der Waals surface area contributed by atoms with Crippen LogP contribution in [0.25, 0.3) is 11.5 Å². The number of aromatic nitrogens is 4. The lowest BCUT2D eigenvalue weighted by Crippen LogP contribution is -2.46. The van der Waals surface area contributed by atoms with Crippen molar-refractivity contribution >= 4 is 23.0 Å². The molecule has 1 amide bonds. The molecular formula is C14H18F3N5O3S. The molecule has 0 fully saturated rings. The summed E-state index contributed by atoms with van der Waals surface area (Å²) in [6.07, 6.45) is -5.67. The number of alkyl halides is 3. The largest absolute Gasteiger partial charge is 0.616 e. The molecule has 1 atom stereocenters. The molecule has 2 aromatic heterocycles. The van der Waals surface area contributed by atoms with Crippen molar-refractivity contribution in [3.8, 4) is 11.5 Å². The van der Waals surface area contributed by atoms with Crippen LogP contribution in [-0.4, -0.2) is 47.5 Å². The Labute approximate surface area is 150 Å². The van der Waals surface area contributed by atoms with E-state index in [9.17, 15) is 22.5 Å². The Morgan fingerprint density at radius 2 is 2.08 bits per heavy atom. The molecular weight excluding hydrogens is 375 g/mol. The first-order valence-corrected chi connectivity index (χ1v) is 8.94. The van der Waals surface area contributed by atoms with Crippen molar-refractivity contribution in [3.63, 3.8) is 0 Å². The number of carbonyl (C=O) groups excluding carboxylic acids is 1. The third-order valence-corrected chi connectivity index (χ3v) is 5.48. The number of halogens is 3. The van der Waals surface area contributed by atoms with Crippen molar-refractivity contribution in [1.82, 2.24) is 20.3 Å². The standard InChI is InChI=1S/C14H18F3N5O3S/c1-8-7-9(22-25-8)10-18-12(21-20-10)19-11(23)13(2,3)26(24)6-4-5-14(15,16)17/h7H,4-6H2,1-3H3,(H2,18,19,20,21,23). The quantitative estimate of drug-likeness (QED) is 0.698. The van der Waals surface area contributed by atoms with Crippen molar-refractivity contribution in [2.75, 3.05) is 11.1 Å². The minimum absolute atomic E-state index is 0.00557. The molecule has 26 heavy (non-hydrogen) atoms. The molecule has 0 aliphatic heterocycles. The minimum atomic E-state index is -4.31. The number of rotatable bonds is 7. The zero-order chi connectivity index (χ0) is 19.5. The van der Waals surface area contributed by atoms with Gasteiger partial charge in [0.05, 0.1) is 0 Å². The molecule has 2 heterocycles. The molecule has 1 unspecified atom stereocenters. The van der Waals surface area contributed by atoms with E-state index in [1.54, 1.807) is 13.0 Å². The Hall–Kier alpha value is -2.08. The molecule has 2 aromatic rings. The number of H-pyrrole nitrogens is 1. The van der Waals surface area contributed by atoms with Gasteiger partial charge in [-0.1, -0.05) is 5.16 Å². The summed E-state index contributed by atoms with van der Waals surface area (Å²) in [5, 5.41) is 13.7. The number of aryl methyl sites for hydroxylation is 1. The Balaban J connectivity index is 1.96. The number of anilines is 1. The molecule has 2 rings (SSSR count). The second-order valence-electron chi connectivity index (χ2n) is 6.08. The third kappa shape index (κ3) is 5.21. The fourth-order valence-electron chi connectivity index (χ4n) is 1.93. The Morgan fingerprint density at radius 3 is 2.65 bits per heavy atom. The lowest BCUT2D eigenvalue weighted by molar-refractivity contribution is -0.134. The van der Waals surface area contributed by atoms with Gasteiger partial charge in [-0.3, -0.25) is 10.1 Å². The monoisotopic (exact) mass is 393 g/mol. The van der Waals surface area contributed by atoms with Crippen molar-refractivity contribution < 1.29 is 27.0 Å². The molecule has 8 nitrogen and oxygen atoms in total. The summed E-state index contributed by atoms with van der Waals surface area (Å²) in [6, 6.07) is 1.62. The van der Waals surface area contributed by atoms with Gasteiger partial charge in [0.15, 0.2) is 16.3 Å². The van der Waals surface area contributed by atoms with Crippen LogP contribution in [-0.2, 0) is 16.0 Å². The van der Waals surface area contributed by atoms with Crippen LogP contribution in [0.5, 0.6) is 0 Å². The van der Waals surface area contributed by atoms with Crippen LogP contribution in [0, 0.1) is 6.92 Å². The number of nitrogens with one attached hydrogen (secondary N) is 2. The minimum Gasteiger partial charge on any atom is -0.616 e. The van der Waals surface area contributed by atoms with E-state index in [4.69, 9.17) is 4.52 Å². The van der Waals surface area contributed by atoms with Crippen molar-refractivity contribution in [2.45, 2.75) is 44.5 Å². The maximum atomic E-state index is 12.3. The Morgan fingerprint density at radius 1 is 1.38 bits per heavy atom. The molecule has 144 valence electrons. The van der Waals surface area contributed by atoms with Gasteiger partial charge >= 0.3 is 6.18 Å². The number of nitrogens with zero attached hydrogens (tertiary/aromatic N) is 3. The smallest absolute Gasteiger partial charge is 0.389 e. The summed E-state index contributed by atoms with van der Waals surface area (Å²) >= 11 is -1.80. The fourth-order valence-corrected chi connectivity index (χ4v) is 3.11. The van der Waals surface area contributed by atoms with E-state index in [-0.39, 0.29) is 23.9 Å². The zero-order valence-electron chi connectivity index (χ0n) is 14.3. The summed E-state index contributed by atoms with van der Waals surface area (Å²) in [4.78, 5) is 15.1.